The van der Waals surface area contributed by atoms with Crippen molar-refractivity contribution < 1.29 is 26.7 Å². The van der Waals surface area contributed by atoms with Crippen molar-refractivity contribution in [3.8, 4) is 5.75 Å². The topological polar surface area (TPSA) is 42.7 Å². The van der Waals surface area contributed by atoms with Gasteiger partial charge in [0.2, 0.25) is 0 Å². The highest BCUT2D eigenvalue weighted by atomic mass is 19.4. The molecule has 0 aliphatic carbocycles. The van der Waals surface area contributed by atoms with Crippen LogP contribution in [-0.4, -0.2) is 27.5 Å². The molecule has 29 heavy (non-hydrogen) atoms. The molecule has 0 spiro atoms. The van der Waals surface area contributed by atoms with E-state index in [4.69, 9.17) is 0 Å². The highest BCUT2D eigenvalue weighted by Gasteiger charge is 2.40. The zero-order valence-corrected chi connectivity index (χ0v) is 14.6. The van der Waals surface area contributed by atoms with Crippen LogP contribution in [0, 0.1) is 0 Å². The van der Waals surface area contributed by atoms with Gasteiger partial charge in [0, 0.05) is 24.6 Å². The second-order valence-electron chi connectivity index (χ2n) is 6.07. The molecule has 4 rings (SSSR count). The van der Waals surface area contributed by atoms with E-state index in [2.05, 4.69) is 14.7 Å². The summed E-state index contributed by atoms with van der Waals surface area (Å²) in [4.78, 5) is 9.18. The number of fused-ring (bicyclic) bond motifs is 1. The van der Waals surface area contributed by atoms with E-state index in [0.717, 1.165) is 0 Å². The van der Waals surface area contributed by atoms with Crippen LogP contribution in [0.25, 0.3) is 11.3 Å². The van der Waals surface area contributed by atoms with Crippen molar-refractivity contribution in [2.45, 2.75) is 12.8 Å². The fourth-order valence-corrected chi connectivity index (χ4v) is 3.12. The average molecular weight is 408 g/mol. The lowest BCUT2D eigenvalue weighted by Gasteiger charge is -2.29. The molecule has 0 radical (unpaired) electrons. The Morgan fingerprint density at radius 2 is 1.86 bits per heavy atom. The van der Waals surface area contributed by atoms with Crippen LogP contribution in [0.2, 0.25) is 0 Å². The van der Waals surface area contributed by atoms with E-state index >= 15 is 0 Å². The molecular formula is C19H13F5N4O. The molecule has 1 aromatic carbocycles. The molecule has 1 aliphatic heterocycles. The smallest absolute Gasteiger partial charge is 0.435 e. The molecule has 0 atom stereocenters. The second kappa shape index (κ2) is 7.19. The summed E-state index contributed by atoms with van der Waals surface area (Å²) in [5.41, 5.74) is -0.326. The van der Waals surface area contributed by atoms with Crippen LogP contribution >= 0.6 is 0 Å². The first-order chi connectivity index (χ1) is 13.8. The second-order valence-corrected chi connectivity index (χ2v) is 6.07. The Kier molecular flexibility index (Phi) is 4.69. The maximum absolute atomic E-state index is 13.7. The molecular weight excluding hydrogens is 395 g/mol. The lowest BCUT2D eigenvalue weighted by molar-refractivity contribution is -0.141. The number of allylic oxidation sites excluding steroid dienone is 2. The van der Waals surface area contributed by atoms with Gasteiger partial charge in [0.25, 0.3) is 0 Å². The van der Waals surface area contributed by atoms with E-state index in [-0.39, 0.29) is 29.3 Å². The highest BCUT2D eigenvalue weighted by molar-refractivity contribution is 5.83. The minimum Gasteiger partial charge on any atom is -0.435 e. The van der Waals surface area contributed by atoms with Crippen LogP contribution in [-0.2, 0) is 6.18 Å². The minimum atomic E-state index is -4.68. The number of anilines is 1. The number of hydrogen-bond acceptors (Lipinski definition) is 4. The van der Waals surface area contributed by atoms with Gasteiger partial charge in [-0.2, -0.15) is 22.0 Å². The quantitative estimate of drug-likeness (QED) is 0.584. The number of ether oxygens (including phenoxy) is 1. The largest absolute Gasteiger partial charge is 0.435 e. The Hall–Kier alpha value is -3.43. The van der Waals surface area contributed by atoms with Gasteiger partial charge in [-0.25, -0.2) is 4.98 Å². The summed E-state index contributed by atoms with van der Waals surface area (Å²) in [7, 11) is 0. The van der Waals surface area contributed by atoms with Gasteiger partial charge in [0.1, 0.15) is 11.4 Å². The average Bonchev–Trinajstić information content (AvgIpc) is 3.08. The molecule has 3 heterocycles. The van der Waals surface area contributed by atoms with Crippen LogP contribution in [0.5, 0.6) is 5.75 Å². The summed E-state index contributed by atoms with van der Waals surface area (Å²) >= 11 is 0. The van der Waals surface area contributed by atoms with Gasteiger partial charge in [-0.1, -0.05) is 12.2 Å². The summed E-state index contributed by atoms with van der Waals surface area (Å²) in [5.74, 6) is -0.0429. The van der Waals surface area contributed by atoms with E-state index in [1.54, 1.807) is 23.1 Å². The molecule has 0 fully saturated rings. The first-order valence-corrected chi connectivity index (χ1v) is 8.43. The van der Waals surface area contributed by atoms with Crippen LogP contribution in [0.3, 0.4) is 0 Å². The Morgan fingerprint density at radius 1 is 1.10 bits per heavy atom. The standard InChI is InChI=1S/C19H13F5N4O/c20-18(21)29-13-6-4-12(5-7-13)27-9-2-1-3-14(27)16-17(19(22,23)24)26-15-11-25-8-10-28(15)16/h1-8,10-11,18H,9H2. The first-order valence-electron chi connectivity index (χ1n) is 8.43. The number of alkyl halides is 5. The van der Waals surface area contributed by atoms with Gasteiger partial charge in [0.15, 0.2) is 11.3 Å². The van der Waals surface area contributed by atoms with Gasteiger partial charge in [-0.15, -0.1) is 0 Å². The molecule has 3 aromatic rings. The van der Waals surface area contributed by atoms with Crippen molar-refractivity contribution in [2.24, 2.45) is 0 Å². The maximum Gasteiger partial charge on any atom is 0.435 e. The number of aromatic nitrogens is 3. The Balaban J connectivity index is 1.81. The molecule has 150 valence electrons. The Morgan fingerprint density at radius 3 is 2.55 bits per heavy atom. The van der Waals surface area contributed by atoms with Crippen molar-refractivity contribution in [2.75, 3.05) is 11.4 Å². The van der Waals surface area contributed by atoms with E-state index < -0.39 is 18.5 Å². The van der Waals surface area contributed by atoms with Crippen molar-refractivity contribution in [3.05, 3.63) is 72.5 Å². The van der Waals surface area contributed by atoms with Crippen LogP contribution in [0.4, 0.5) is 27.6 Å². The van der Waals surface area contributed by atoms with Crippen molar-refractivity contribution >= 4 is 17.0 Å². The summed E-state index contributed by atoms with van der Waals surface area (Å²) in [5, 5.41) is 0. The fourth-order valence-electron chi connectivity index (χ4n) is 3.12. The van der Waals surface area contributed by atoms with Crippen molar-refractivity contribution in [3.63, 3.8) is 0 Å². The third kappa shape index (κ3) is 3.65. The molecule has 5 nitrogen and oxygen atoms in total. The predicted molar refractivity (Wildman–Crippen MR) is 95.5 cm³/mol. The zero-order valence-electron chi connectivity index (χ0n) is 14.6. The van der Waals surface area contributed by atoms with E-state index in [0.29, 0.717) is 5.69 Å². The van der Waals surface area contributed by atoms with Crippen molar-refractivity contribution in [1.29, 1.82) is 0 Å². The molecule has 10 heteroatoms. The normalized spacial score (nSPS) is 14.6. The van der Waals surface area contributed by atoms with E-state index in [1.807, 2.05) is 0 Å². The summed E-state index contributed by atoms with van der Waals surface area (Å²) in [6, 6.07) is 5.67. The molecule has 0 amide bonds. The lowest BCUT2D eigenvalue weighted by atomic mass is 10.1. The predicted octanol–water partition coefficient (Wildman–Crippen LogP) is 4.77. The number of halogens is 5. The van der Waals surface area contributed by atoms with Gasteiger partial charge in [-0.05, 0) is 30.3 Å². The lowest BCUT2D eigenvalue weighted by Crippen LogP contribution is -2.26. The Bertz CT molecular complexity index is 1090. The molecule has 0 bridgehead atoms. The molecule has 0 N–H and O–H groups in total. The molecule has 0 saturated heterocycles. The van der Waals surface area contributed by atoms with E-state index in [1.165, 1.54) is 47.3 Å². The van der Waals surface area contributed by atoms with Crippen LogP contribution < -0.4 is 9.64 Å². The third-order valence-electron chi connectivity index (χ3n) is 4.28. The highest BCUT2D eigenvalue weighted by Crippen LogP contribution is 2.38. The van der Waals surface area contributed by atoms with Gasteiger partial charge in [0.05, 0.1) is 11.9 Å². The summed E-state index contributed by atoms with van der Waals surface area (Å²) in [6.45, 7) is -2.67. The molecule has 0 saturated carbocycles. The molecule has 1 aliphatic rings. The number of hydrogen-bond donors (Lipinski definition) is 0. The summed E-state index contributed by atoms with van der Waals surface area (Å²) in [6.07, 6.45) is 4.32. The molecule has 2 aromatic heterocycles. The number of benzene rings is 1. The SMILES string of the molecule is FC(F)Oc1ccc(N2CC=CC=C2c2c(C(F)(F)F)nc3cnccn23)cc1. The molecule has 0 unspecified atom stereocenters. The zero-order chi connectivity index (χ0) is 20.6. The number of rotatable bonds is 4. The van der Waals surface area contributed by atoms with E-state index in [9.17, 15) is 22.0 Å². The number of nitrogens with zero attached hydrogens (tertiary/aromatic N) is 4. The van der Waals surface area contributed by atoms with Gasteiger partial charge >= 0.3 is 12.8 Å². The first kappa shape index (κ1) is 18.9. The fraction of sp³-hybridized carbons (Fsp3) is 0.158. The monoisotopic (exact) mass is 408 g/mol. The minimum absolute atomic E-state index is 0.0429. The van der Waals surface area contributed by atoms with Crippen LogP contribution in [0.15, 0.2) is 61.1 Å². The van der Waals surface area contributed by atoms with Crippen LogP contribution in [0.1, 0.15) is 11.4 Å². The summed E-state index contributed by atoms with van der Waals surface area (Å²) < 4.78 is 71.5. The maximum atomic E-state index is 13.7. The third-order valence-corrected chi connectivity index (χ3v) is 4.28. The number of imidazole rings is 1. The van der Waals surface area contributed by atoms with Gasteiger partial charge < -0.3 is 9.64 Å². The van der Waals surface area contributed by atoms with Crippen molar-refractivity contribution in [1.82, 2.24) is 14.4 Å². The van der Waals surface area contributed by atoms with Gasteiger partial charge in [-0.3, -0.25) is 9.38 Å². The Labute approximate surface area is 161 Å².